The van der Waals surface area contributed by atoms with E-state index in [4.69, 9.17) is 16.0 Å². The molecule has 0 aliphatic carbocycles. The van der Waals surface area contributed by atoms with E-state index in [9.17, 15) is 0 Å². The number of rotatable bonds is 6. The van der Waals surface area contributed by atoms with Crippen molar-refractivity contribution in [1.82, 2.24) is 5.32 Å². The van der Waals surface area contributed by atoms with Crippen molar-refractivity contribution in [2.75, 3.05) is 12.3 Å². The maximum Gasteiger partial charge on any atom is 0.117 e. The van der Waals surface area contributed by atoms with Crippen molar-refractivity contribution in [2.24, 2.45) is 0 Å². The molecule has 1 aromatic carbocycles. The second-order valence-corrected chi connectivity index (χ2v) is 5.08. The summed E-state index contributed by atoms with van der Waals surface area (Å²) in [6, 6.07) is 11.8. The number of furan rings is 1. The molecule has 0 atom stereocenters. The monoisotopic (exact) mass is 267 g/mol. The van der Waals surface area contributed by atoms with Gasteiger partial charge in [0.05, 0.1) is 17.8 Å². The molecule has 1 N–H and O–H groups in total. The first-order valence-electron chi connectivity index (χ1n) is 5.46. The molecule has 0 bridgehead atoms. The fourth-order valence-electron chi connectivity index (χ4n) is 1.42. The van der Waals surface area contributed by atoms with Crippen LogP contribution in [0.5, 0.6) is 0 Å². The quantitative estimate of drug-likeness (QED) is 0.636. The third kappa shape index (κ3) is 4.11. The zero-order valence-electron chi connectivity index (χ0n) is 9.36. The number of thioether (sulfide) groups is 1. The minimum absolute atomic E-state index is 0.774. The van der Waals surface area contributed by atoms with Gasteiger partial charge in [-0.15, -0.1) is 11.8 Å². The van der Waals surface area contributed by atoms with E-state index >= 15 is 0 Å². The highest BCUT2D eigenvalue weighted by Crippen LogP contribution is 2.25. The number of hydrogen-bond donors (Lipinski definition) is 1. The summed E-state index contributed by atoms with van der Waals surface area (Å²) >= 11 is 7.82. The number of halogens is 1. The average molecular weight is 268 g/mol. The molecule has 90 valence electrons. The van der Waals surface area contributed by atoms with Crippen molar-refractivity contribution >= 4 is 23.4 Å². The number of nitrogens with one attached hydrogen (secondary N) is 1. The lowest BCUT2D eigenvalue weighted by molar-refractivity contribution is 0.488. The van der Waals surface area contributed by atoms with E-state index in [1.165, 1.54) is 0 Å². The average Bonchev–Trinajstić information content (AvgIpc) is 2.84. The third-order valence-electron chi connectivity index (χ3n) is 2.25. The molecule has 2 aromatic rings. The maximum absolute atomic E-state index is 6.06. The highest BCUT2D eigenvalue weighted by molar-refractivity contribution is 7.99. The molecule has 4 heteroatoms. The lowest BCUT2D eigenvalue weighted by atomic mass is 10.4. The van der Waals surface area contributed by atoms with Crippen LogP contribution in [-0.4, -0.2) is 12.3 Å². The van der Waals surface area contributed by atoms with Gasteiger partial charge in [0.1, 0.15) is 5.76 Å². The highest BCUT2D eigenvalue weighted by Gasteiger charge is 1.99. The van der Waals surface area contributed by atoms with Gasteiger partial charge >= 0.3 is 0 Å². The molecule has 1 aromatic heterocycles. The molecule has 1 heterocycles. The topological polar surface area (TPSA) is 25.2 Å². The summed E-state index contributed by atoms with van der Waals surface area (Å²) in [7, 11) is 0. The van der Waals surface area contributed by atoms with Crippen LogP contribution < -0.4 is 5.32 Å². The molecule has 17 heavy (non-hydrogen) atoms. The first-order chi connectivity index (χ1) is 8.36. The standard InChI is InChI=1S/C13H14ClNOS/c14-12-5-1-2-6-13(12)17-9-7-15-10-11-4-3-8-16-11/h1-6,8,15H,7,9-10H2. The molecule has 0 saturated carbocycles. The van der Waals surface area contributed by atoms with Crippen LogP contribution in [-0.2, 0) is 6.54 Å². The summed E-state index contributed by atoms with van der Waals surface area (Å²) in [4.78, 5) is 1.13. The van der Waals surface area contributed by atoms with Gasteiger partial charge in [0.25, 0.3) is 0 Å². The first kappa shape index (κ1) is 12.6. The largest absolute Gasteiger partial charge is 0.468 e. The molecule has 0 unspecified atom stereocenters. The van der Waals surface area contributed by atoms with Crippen molar-refractivity contribution in [3.05, 3.63) is 53.4 Å². The van der Waals surface area contributed by atoms with Crippen LogP contribution >= 0.6 is 23.4 Å². The molecule has 2 rings (SSSR count). The minimum Gasteiger partial charge on any atom is -0.468 e. The van der Waals surface area contributed by atoms with E-state index in [-0.39, 0.29) is 0 Å². The summed E-state index contributed by atoms with van der Waals surface area (Å²) in [5.74, 6) is 1.96. The summed E-state index contributed by atoms with van der Waals surface area (Å²) < 4.78 is 5.23. The number of benzene rings is 1. The Kier molecular flexibility index (Phi) is 4.98. The van der Waals surface area contributed by atoms with Crippen molar-refractivity contribution in [2.45, 2.75) is 11.4 Å². The Morgan fingerprint density at radius 1 is 1.18 bits per heavy atom. The van der Waals surface area contributed by atoms with Gasteiger partial charge in [-0.1, -0.05) is 23.7 Å². The van der Waals surface area contributed by atoms with Crippen molar-refractivity contribution in [3.8, 4) is 0 Å². The smallest absolute Gasteiger partial charge is 0.117 e. The zero-order valence-corrected chi connectivity index (χ0v) is 10.9. The zero-order chi connectivity index (χ0) is 11.9. The molecular formula is C13H14ClNOS. The Morgan fingerprint density at radius 2 is 2.06 bits per heavy atom. The Hall–Kier alpha value is -0.900. The molecule has 0 aliphatic rings. The van der Waals surface area contributed by atoms with Crippen LogP contribution in [0.1, 0.15) is 5.76 Å². The van der Waals surface area contributed by atoms with E-state index in [1.807, 2.05) is 36.4 Å². The lowest BCUT2D eigenvalue weighted by Crippen LogP contribution is -2.15. The van der Waals surface area contributed by atoms with Gasteiger partial charge in [-0.3, -0.25) is 0 Å². The highest BCUT2D eigenvalue weighted by atomic mass is 35.5. The number of hydrogen-bond acceptors (Lipinski definition) is 3. The van der Waals surface area contributed by atoms with Crippen LogP contribution in [0.25, 0.3) is 0 Å². The molecule has 0 fully saturated rings. The second kappa shape index (κ2) is 6.74. The Labute approximate surface area is 110 Å². The van der Waals surface area contributed by atoms with Crippen LogP contribution in [0.15, 0.2) is 52.0 Å². The molecule has 0 radical (unpaired) electrons. The molecule has 0 amide bonds. The molecule has 2 nitrogen and oxygen atoms in total. The normalized spacial score (nSPS) is 10.6. The van der Waals surface area contributed by atoms with E-state index in [2.05, 4.69) is 5.32 Å². The predicted molar refractivity (Wildman–Crippen MR) is 72.6 cm³/mol. The van der Waals surface area contributed by atoms with Gasteiger partial charge in [0.15, 0.2) is 0 Å². The van der Waals surface area contributed by atoms with Crippen LogP contribution in [0, 0.1) is 0 Å². The molecule has 0 spiro atoms. The second-order valence-electron chi connectivity index (χ2n) is 3.54. The van der Waals surface area contributed by atoms with Gasteiger partial charge in [0, 0.05) is 17.2 Å². The van der Waals surface area contributed by atoms with E-state index in [0.29, 0.717) is 0 Å². The van der Waals surface area contributed by atoms with E-state index in [0.717, 1.165) is 34.5 Å². The fourth-order valence-corrected chi connectivity index (χ4v) is 2.57. The lowest BCUT2D eigenvalue weighted by Gasteiger charge is -2.04. The van der Waals surface area contributed by atoms with Crippen LogP contribution in [0.3, 0.4) is 0 Å². The van der Waals surface area contributed by atoms with E-state index in [1.54, 1.807) is 18.0 Å². The van der Waals surface area contributed by atoms with Crippen molar-refractivity contribution in [1.29, 1.82) is 0 Å². The van der Waals surface area contributed by atoms with E-state index < -0.39 is 0 Å². The summed E-state index contributed by atoms with van der Waals surface area (Å²) in [5, 5.41) is 4.14. The summed E-state index contributed by atoms with van der Waals surface area (Å²) in [6.45, 7) is 1.70. The Balaban J connectivity index is 1.65. The van der Waals surface area contributed by atoms with Gasteiger partial charge in [0.2, 0.25) is 0 Å². The third-order valence-corrected chi connectivity index (χ3v) is 3.77. The summed E-state index contributed by atoms with van der Waals surface area (Å²) in [5.41, 5.74) is 0. The predicted octanol–water partition coefficient (Wildman–Crippen LogP) is 3.81. The van der Waals surface area contributed by atoms with Gasteiger partial charge in [-0.2, -0.15) is 0 Å². The first-order valence-corrected chi connectivity index (χ1v) is 6.83. The van der Waals surface area contributed by atoms with Gasteiger partial charge in [-0.25, -0.2) is 0 Å². The van der Waals surface area contributed by atoms with Crippen LogP contribution in [0.2, 0.25) is 5.02 Å². The fraction of sp³-hybridized carbons (Fsp3) is 0.231. The van der Waals surface area contributed by atoms with Crippen molar-refractivity contribution in [3.63, 3.8) is 0 Å². The molecule has 0 saturated heterocycles. The van der Waals surface area contributed by atoms with Gasteiger partial charge < -0.3 is 9.73 Å². The molecular weight excluding hydrogens is 254 g/mol. The maximum atomic E-state index is 6.06. The Bertz CT molecular complexity index is 444. The SMILES string of the molecule is Clc1ccccc1SCCNCc1ccco1. The van der Waals surface area contributed by atoms with Gasteiger partial charge in [-0.05, 0) is 24.3 Å². The van der Waals surface area contributed by atoms with Crippen molar-refractivity contribution < 1.29 is 4.42 Å². The van der Waals surface area contributed by atoms with Crippen LogP contribution in [0.4, 0.5) is 0 Å². The Morgan fingerprint density at radius 3 is 2.82 bits per heavy atom. The molecule has 0 aliphatic heterocycles. The minimum atomic E-state index is 0.774. The summed E-state index contributed by atoms with van der Waals surface area (Å²) in [6.07, 6.45) is 1.69.